The summed E-state index contributed by atoms with van der Waals surface area (Å²) in [7, 11) is 0. The van der Waals surface area contributed by atoms with Gasteiger partial charge in [0.05, 0.1) is 11.1 Å². The molecule has 170 valence electrons. The lowest BCUT2D eigenvalue weighted by Crippen LogP contribution is -2.44. The van der Waals surface area contributed by atoms with Crippen molar-refractivity contribution in [2.45, 2.75) is 44.7 Å². The minimum absolute atomic E-state index is 0.183. The van der Waals surface area contributed by atoms with Crippen LogP contribution in [-0.2, 0) is 13.0 Å². The Morgan fingerprint density at radius 2 is 1.70 bits per heavy atom. The van der Waals surface area contributed by atoms with E-state index in [0.29, 0.717) is 13.1 Å². The first-order chi connectivity index (χ1) is 16.3. The molecule has 3 aromatic rings. The van der Waals surface area contributed by atoms with Gasteiger partial charge in [-0.15, -0.1) is 0 Å². The van der Waals surface area contributed by atoms with Crippen molar-refractivity contribution in [3.05, 3.63) is 71.4 Å². The Labute approximate surface area is 196 Å². The highest BCUT2D eigenvalue weighted by atomic mass is 16.2. The van der Waals surface area contributed by atoms with E-state index in [0.717, 1.165) is 53.4 Å². The molecule has 0 bridgehead atoms. The maximum absolute atomic E-state index is 13.4. The first-order valence-corrected chi connectivity index (χ1v) is 12.5. The van der Waals surface area contributed by atoms with Gasteiger partial charge in [-0.25, -0.2) is 0 Å². The summed E-state index contributed by atoms with van der Waals surface area (Å²) >= 11 is 0. The summed E-state index contributed by atoms with van der Waals surface area (Å²) in [6.07, 6.45) is 5.89. The van der Waals surface area contributed by atoms with Crippen LogP contribution >= 0.6 is 0 Å². The molecule has 5 heteroatoms. The van der Waals surface area contributed by atoms with Gasteiger partial charge in [-0.3, -0.25) is 9.78 Å². The first-order valence-electron chi connectivity index (χ1n) is 12.5. The normalized spacial score (nSPS) is 19.6. The van der Waals surface area contributed by atoms with Crippen LogP contribution in [0.3, 0.4) is 0 Å². The van der Waals surface area contributed by atoms with Crippen molar-refractivity contribution < 1.29 is 4.79 Å². The molecule has 5 nitrogen and oxygen atoms in total. The van der Waals surface area contributed by atoms with Crippen LogP contribution in [0.1, 0.15) is 47.3 Å². The number of amides is 1. The molecule has 33 heavy (non-hydrogen) atoms. The van der Waals surface area contributed by atoms with Crippen molar-refractivity contribution in [2.75, 3.05) is 37.6 Å². The molecule has 3 aliphatic rings. The predicted octanol–water partition coefficient (Wildman–Crippen LogP) is 4.50. The van der Waals surface area contributed by atoms with Crippen molar-refractivity contribution >= 4 is 22.5 Å². The molecule has 0 N–H and O–H groups in total. The number of pyridine rings is 1. The summed E-state index contributed by atoms with van der Waals surface area (Å²) in [5, 5.41) is 1.16. The lowest BCUT2D eigenvalue weighted by Gasteiger charge is -2.38. The summed E-state index contributed by atoms with van der Waals surface area (Å²) in [6, 6.07) is 19.5. The fourth-order valence-electron chi connectivity index (χ4n) is 5.92. The van der Waals surface area contributed by atoms with Crippen molar-refractivity contribution in [1.29, 1.82) is 0 Å². The molecule has 2 saturated heterocycles. The van der Waals surface area contributed by atoms with Gasteiger partial charge in [0.1, 0.15) is 0 Å². The highest BCUT2D eigenvalue weighted by molar-refractivity contribution is 6.03. The van der Waals surface area contributed by atoms with Crippen molar-refractivity contribution in [3.63, 3.8) is 0 Å². The van der Waals surface area contributed by atoms with Gasteiger partial charge in [-0.05, 0) is 62.5 Å². The Balaban J connectivity index is 1.13. The molecule has 0 saturated carbocycles. The van der Waals surface area contributed by atoms with E-state index in [4.69, 9.17) is 4.98 Å². The quantitative estimate of drug-likeness (QED) is 0.586. The number of anilines is 1. The summed E-state index contributed by atoms with van der Waals surface area (Å²) in [4.78, 5) is 25.4. The fourth-order valence-corrected chi connectivity index (χ4v) is 5.92. The van der Waals surface area contributed by atoms with Crippen LogP contribution in [0.5, 0.6) is 0 Å². The van der Waals surface area contributed by atoms with Crippen LogP contribution in [0.15, 0.2) is 54.6 Å². The average molecular weight is 441 g/mol. The number of nitrogens with zero attached hydrogens (tertiary/aromatic N) is 4. The number of likely N-dealkylation sites (tertiary alicyclic amines) is 1. The third-order valence-corrected chi connectivity index (χ3v) is 7.75. The van der Waals surface area contributed by atoms with Crippen LogP contribution in [-0.4, -0.2) is 59.5 Å². The van der Waals surface area contributed by atoms with Crippen LogP contribution in [0.4, 0.5) is 5.69 Å². The number of carbonyl (C=O) groups is 1. The SMILES string of the molecule is O=C1c2c(cccc2N2CCC(N3CCCC3)CC2)CN1CCc1ccc2ccccc2n1. The van der Waals surface area contributed by atoms with E-state index >= 15 is 0 Å². The minimum Gasteiger partial charge on any atom is -0.371 e. The zero-order valence-corrected chi connectivity index (χ0v) is 19.2. The third kappa shape index (κ3) is 3.99. The lowest BCUT2D eigenvalue weighted by molar-refractivity contribution is 0.0780. The van der Waals surface area contributed by atoms with Gasteiger partial charge in [-0.1, -0.05) is 36.4 Å². The van der Waals surface area contributed by atoms with Gasteiger partial charge in [0.15, 0.2) is 0 Å². The van der Waals surface area contributed by atoms with Crippen molar-refractivity contribution in [2.24, 2.45) is 0 Å². The van der Waals surface area contributed by atoms with Crippen LogP contribution in [0.2, 0.25) is 0 Å². The number of aromatic nitrogens is 1. The Bertz CT molecular complexity index is 1160. The molecule has 1 amide bonds. The van der Waals surface area contributed by atoms with E-state index in [1.54, 1.807) is 0 Å². The van der Waals surface area contributed by atoms with E-state index in [-0.39, 0.29) is 5.91 Å². The van der Waals surface area contributed by atoms with Crippen LogP contribution < -0.4 is 4.90 Å². The molecule has 0 radical (unpaired) electrons. The van der Waals surface area contributed by atoms with Gasteiger partial charge in [0.2, 0.25) is 0 Å². The second-order valence-electron chi connectivity index (χ2n) is 9.74. The summed E-state index contributed by atoms with van der Waals surface area (Å²) < 4.78 is 0. The highest BCUT2D eigenvalue weighted by Gasteiger charge is 2.33. The Morgan fingerprint density at radius 1 is 0.879 bits per heavy atom. The fraction of sp³-hybridized carbons (Fsp3) is 0.429. The molecule has 1 aromatic heterocycles. The molecular weight excluding hydrogens is 408 g/mol. The van der Waals surface area contributed by atoms with Gasteiger partial charge < -0.3 is 14.7 Å². The maximum Gasteiger partial charge on any atom is 0.256 e. The molecule has 0 unspecified atom stereocenters. The monoisotopic (exact) mass is 440 g/mol. The summed E-state index contributed by atoms with van der Waals surface area (Å²) in [5.41, 5.74) is 5.31. The Kier molecular flexibility index (Phi) is 5.50. The number of hydrogen-bond donors (Lipinski definition) is 0. The number of para-hydroxylation sites is 1. The smallest absolute Gasteiger partial charge is 0.256 e. The van der Waals surface area contributed by atoms with Gasteiger partial charge >= 0.3 is 0 Å². The van der Waals surface area contributed by atoms with Gasteiger partial charge in [-0.2, -0.15) is 0 Å². The maximum atomic E-state index is 13.4. The number of fused-ring (bicyclic) bond motifs is 2. The number of rotatable bonds is 5. The number of hydrogen-bond acceptors (Lipinski definition) is 4. The average Bonchev–Trinajstić information content (AvgIpc) is 3.51. The van der Waals surface area contributed by atoms with E-state index in [9.17, 15) is 4.79 Å². The third-order valence-electron chi connectivity index (χ3n) is 7.75. The number of benzene rings is 2. The molecule has 3 aliphatic heterocycles. The van der Waals surface area contributed by atoms with E-state index in [1.807, 2.05) is 17.0 Å². The molecule has 2 fully saturated rings. The van der Waals surface area contributed by atoms with E-state index in [1.165, 1.54) is 44.3 Å². The zero-order chi connectivity index (χ0) is 22.2. The van der Waals surface area contributed by atoms with E-state index in [2.05, 4.69) is 52.3 Å². The predicted molar refractivity (Wildman–Crippen MR) is 133 cm³/mol. The largest absolute Gasteiger partial charge is 0.371 e. The van der Waals surface area contributed by atoms with Crippen molar-refractivity contribution in [3.8, 4) is 0 Å². The van der Waals surface area contributed by atoms with Crippen LogP contribution in [0.25, 0.3) is 10.9 Å². The number of piperidine rings is 1. The Morgan fingerprint density at radius 3 is 2.55 bits per heavy atom. The standard InChI is InChI=1S/C28H32N4O/c33-28-27-22(20-32(28)17-12-23-11-10-21-6-1-2-8-25(21)29-23)7-5-9-26(27)31-18-13-24(14-19-31)30-15-3-4-16-30/h1-2,5-11,24H,3-4,12-20H2. The molecule has 6 rings (SSSR count). The van der Waals surface area contributed by atoms with Gasteiger partial charge in [0, 0.05) is 55.4 Å². The van der Waals surface area contributed by atoms with Crippen LogP contribution in [0, 0.1) is 0 Å². The molecule has 2 aromatic carbocycles. The zero-order valence-electron chi connectivity index (χ0n) is 19.2. The summed E-state index contributed by atoms with van der Waals surface area (Å²) in [5.74, 6) is 0.183. The second kappa shape index (κ2) is 8.79. The van der Waals surface area contributed by atoms with Crippen molar-refractivity contribution in [1.82, 2.24) is 14.8 Å². The molecular formula is C28H32N4O. The van der Waals surface area contributed by atoms with E-state index < -0.39 is 0 Å². The lowest BCUT2D eigenvalue weighted by atomic mass is 10.0. The Hall–Kier alpha value is -2.92. The molecule has 4 heterocycles. The number of carbonyl (C=O) groups excluding carboxylic acids is 1. The second-order valence-corrected chi connectivity index (χ2v) is 9.74. The minimum atomic E-state index is 0.183. The highest BCUT2D eigenvalue weighted by Crippen LogP contribution is 2.34. The molecule has 0 atom stereocenters. The molecule has 0 aliphatic carbocycles. The topological polar surface area (TPSA) is 39.7 Å². The van der Waals surface area contributed by atoms with Gasteiger partial charge in [0.25, 0.3) is 5.91 Å². The first kappa shape index (κ1) is 20.7. The summed E-state index contributed by atoms with van der Waals surface area (Å²) in [6.45, 7) is 6.04. The molecule has 0 spiro atoms.